The first-order valence-corrected chi connectivity index (χ1v) is 27.0. The number of benzene rings is 6. The van der Waals surface area contributed by atoms with E-state index in [2.05, 4.69) is 105 Å². The Morgan fingerprint density at radius 3 is 0.933 bits per heavy atom. The van der Waals surface area contributed by atoms with Crippen LogP contribution < -0.4 is 0 Å². The fourth-order valence-corrected chi connectivity index (χ4v) is 10.7. The Kier molecular flexibility index (Phi) is 20.6. The maximum absolute atomic E-state index is 13.6. The van der Waals surface area contributed by atoms with E-state index in [1.807, 2.05) is 42.5 Å². The van der Waals surface area contributed by atoms with Crippen LogP contribution in [-0.2, 0) is 0 Å². The minimum atomic E-state index is -0.522. The largest absolute Gasteiger partial charge is 0.206 e. The molecular formula is C69H66F3N3. The summed E-state index contributed by atoms with van der Waals surface area (Å²) in [6, 6.07) is 44.2. The molecule has 0 radical (unpaired) electrons. The quantitative estimate of drug-likeness (QED) is 0.156. The Bertz CT molecular complexity index is 3160. The molecule has 3 aliphatic rings. The van der Waals surface area contributed by atoms with Crippen LogP contribution in [0.4, 0.5) is 13.2 Å². The summed E-state index contributed by atoms with van der Waals surface area (Å²) >= 11 is 0. The molecule has 3 fully saturated rings. The van der Waals surface area contributed by atoms with Crippen LogP contribution in [0.2, 0.25) is 0 Å². The van der Waals surface area contributed by atoms with E-state index in [0.29, 0.717) is 34.4 Å². The molecule has 0 N–H and O–H groups in total. The normalized spacial score (nSPS) is 19.6. The Labute approximate surface area is 444 Å². The highest BCUT2D eigenvalue weighted by molar-refractivity contribution is 5.49. The molecule has 9 rings (SSSR count). The van der Waals surface area contributed by atoms with Gasteiger partial charge in [0.1, 0.15) is 35.7 Å². The second kappa shape index (κ2) is 28.1. The first kappa shape index (κ1) is 55.0. The monoisotopic (exact) mass is 994 g/mol. The molecule has 0 atom stereocenters. The number of hydrogen-bond donors (Lipinski definition) is 0. The zero-order valence-electron chi connectivity index (χ0n) is 43.7. The molecule has 378 valence electrons. The van der Waals surface area contributed by atoms with Crippen LogP contribution >= 0.6 is 0 Å². The third-order valence-corrected chi connectivity index (χ3v) is 15.5. The highest BCUT2D eigenvalue weighted by atomic mass is 19.1. The maximum Gasteiger partial charge on any atom is 0.142 e. The number of nitriles is 3. The van der Waals surface area contributed by atoms with Crippen LogP contribution in [0.15, 0.2) is 127 Å². The summed E-state index contributed by atoms with van der Waals surface area (Å²) in [5.41, 5.74) is 8.89. The maximum atomic E-state index is 13.6. The van der Waals surface area contributed by atoms with E-state index < -0.39 is 17.5 Å². The smallest absolute Gasteiger partial charge is 0.142 e. The molecule has 0 spiro atoms. The molecule has 0 saturated heterocycles. The first-order chi connectivity index (χ1) is 36.5. The Balaban J connectivity index is 0.000000164. The van der Waals surface area contributed by atoms with Gasteiger partial charge in [-0.3, -0.25) is 0 Å². The lowest BCUT2D eigenvalue weighted by atomic mass is 9.77. The summed E-state index contributed by atoms with van der Waals surface area (Å²) in [7, 11) is 0. The van der Waals surface area contributed by atoms with Gasteiger partial charge in [0.15, 0.2) is 0 Å². The topological polar surface area (TPSA) is 71.4 Å². The minimum Gasteiger partial charge on any atom is -0.206 e. The summed E-state index contributed by atoms with van der Waals surface area (Å²) < 4.78 is 40.8. The lowest BCUT2D eigenvalue weighted by Gasteiger charge is -2.28. The zero-order chi connectivity index (χ0) is 52.9. The van der Waals surface area contributed by atoms with Crippen LogP contribution in [0.25, 0.3) is 0 Å². The molecular weight excluding hydrogens is 928 g/mol. The third kappa shape index (κ3) is 16.4. The van der Waals surface area contributed by atoms with Gasteiger partial charge in [0.25, 0.3) is 0 Å². The minimum absolute atomic E-state index is 0.0479. The van der Waals surface area contributed by atoms with Crippen molar-refractivity contribution in [3.05, 3.63) is 212 Å². The molecule has 3 saturated carbocycles. The van der Waals surface area contributed by atoms with Gasteiger partial charge < -0.3 is 0 Å². The molecule has 0 amide bonds. The standard InChI is InChI=1S/C24H24FN.C23H22FN.C22H20FN/c1-2-3-18-6-11-21(12-7-18)22-13-8-19(9-14-22)4-5-20-10-15-23(17-26)24(25)16-20;1-2-17-5-10-20(11-6-17)21-12-7-18(8-13-21)3-4-19-9-14-22(16-25)23(24)15-19;1-16-2-9-19(10-3-16)20-11-6-17(7-12-20)4-5-18-8-13-21(15-24)22(23)14-18/h8-10,13-16,18,21H,2-3,6-7,11-12H2,1H3;7-9,12-15,17,20H,2,5-6,10-11H2,1H3;6-8,11-14,16,19H,2-3,9-10H2,1H3. The van der Waals surface area contributed by atoms with E-state index in [1.165, 1.54) is 149 Å². The van der Waals surface area contributed by atoms with Gasteiger partial charge in [-0.2, -0.15) is 15.8 Å². The van der Waals surface area contributed by atoms with E-state index in [9.17, 15) is 13.2 Å². The Morgan fingerprint density at radius 2 is 0.653 bits per heavy atom. The summed E-state index contributed by atoms with van der Waals surface area (Å²) in [6.07, 6.45) is 19.7. The average molecular weight is 994 g/mol. The predicted octanol–water partition coefficient (Wildman–Crippen LogP) is 17.3. The van der Waals surface area contributed by atoms with E-state index >= 15 is 0 Å². The van der Waals surface area contributed by atoms with Crippen LogP contribution in [-0.4, -0.2) is 0 Å². The summed E-state index contributed by atoms with van der Waals surface area (Å²) in [6.45, 7) is 6.90. The van der Waals surface area contributed by atoms with Gasteiger partial charge in [-0.1, -0.05) is 125 Å². The number of halogens is 3. The second-order valence-corrected chi connectivity index (χ2v) is 20.6. The van der Waals surface area contributed by atoms with Crippen molar-refractivity contribution in [1.29, 1.82) is 15.8 Å². The summed E-state index contributed by atoms with van der Waals surface area (Å²) in [4.78, 5) is 0. The number of nitrogens with zero attached hydrogens (tertiary/aromatic N) is 3. The van der Waals surface area contributed by atoms with Crippen molar-refractivity contribution >= 4 is 0 Å². The van der Waals surface area contributed by atoms with Crippen LogP contribution in [0.3, 0.4) is 0 Å². The van der Waals surface area contributed by atoms with Crippen molar-refractivity contribution in [3.63, 3.8) is 0 Å². The predicted molar refractivity (Wildman–Crippen MR) is 296 cm³/mol. The van der Waals surface area contributed by atoms with Crippen LogP contribution in [0, 0.1) is 105 Å². The fraction of sp³-hybridized carbons (Fsp3) is 0.348. The van der Waals surface area contributed by atoms with Crippen LogP contribution in [0.5, 0.6) is 0 Å². The molecule has 0 aromatic heterocycles. The van der Waals surface area contributed by atoms with Gasteiger partial charge in [-0.05, 0) is 207 Å². The number of hydrogen-bond acceptors (Lipinski definition) is 3. The molecule has 6 aromatic carbocycles. The van der Waals surface area contributed by atoms with Gasteiger partial charge in [-0.15, -0.1) is 0 Å². The number of rotatable bonds is 6. The van der Waals surface area contributed by atoms with Crippen molar-refractivity contribution in [1.82, 2.24) is 0 Å². The lowest BCUT2D eigenvalue weighted by molar-refractivity contribution is 0.308. The van der Waals surface area contributed by atoms with E-state index in [0.717, 1.165) is 34.4 Å². The Morgan fingerprint density at radius 1 is 0.373 bits per heavy atom. The van der Waals surface area contributed by atoms with E-state index in [-0.39, 0.29) is 16.7 Å². The molecule has 3 nitrogen and oxygen atoms in total. The van der Waals surface area contributed by atoms with Crippen molar-refractivity contribution in [2.24, 2.45) is 17.8 Å². The van der Waals surface area contributed by atoms with Gasteiger partial charge in [0, 0.05) is 33.4 Å². The fourth-order valence-electron chi connectivity index (χ4n) is 10.7. The molecule has 75 heavy (non-hydrogen) atoms. The van der Waals surface area contributed by atoms with E-state index in [1.54, 1.807) is 18.2 Å². The lowest BCUT2D eigenvalue weighted by Crippen LogP contribution is -2.13. The zero-order valence-corrected chi connectivity index (χ0v) is 43.7. The molecule has 3 aliphatic carbocycles. The molecule has 0 unspecified atom stereocenters. The van der Waals surface area contributed by atoms with Gasteiger partial charge in [0.05, 0.1) is 16.7 Å². The Hall–Kier alpha value is -7.74. The van der Waals surface area contributed by atoms with Crippen molar-refractivity contribution in [3.8, 4) is 53.7 Å². The van der Waals surface area contributed by atoms with Crippen LogP contribution in [0.1, 0.15) is 202 Å². The van der Waals surface area contributed by atoms with Gasteiger partial charge in [-0.25, -0.2) is 13.2 Å². The summed E-state index contributed by atoms with van der Waals surface area (Å²) in [5, 5.41) is 26.3. The van der Waals surface area contributed by atoms with E-state index in [4.69, 9.17) is 15.8 Å². The highest BCUT2D eigenvalue weighted by Gasteiger charge is 2.23. The molecule has 6 heteroatoms. The van der Waals surface area contributed by atoms with Gasteiger partial charge in [0.2, 0.25) is 0 Å². The highest BCUT2D eigenvalue weighted by Crippen LogP contribution is 2.39. The SMILES string of the molecule is CC1CCC(c2ccc(C#Cc3ccc(C#N)c(F)c3)cc2)CC1.CCC1CCC(c2ccc(C#Cc3ccc(C#N)c(F)c3)cc2)CC1.CCCC1CCC(c2ccc(C#Cc3ccc(C#N)c(F)c3)cc2)CC1. The summed E-state index contributed by atoms with van der Waals surface area (Å²) in [5.74, 6) is 21.3. The molecule has 6 aromatic rings. The molecule has 0 heterocycles. The average Bonchev–Trinajstić information content (AvgIpc) is 3.45. The van der Waals surface area contributed by atoms with Crippen molar-refractivity contribution in [2.75, 3.05) is 0 Å². The van der Waals surface area contributed by atoms with Gasteiger partial charge >= 0.3 is 0 Å². The first-order valence-electron chi connectivity index (χ1n) is 27.0. The van der Waals surface area contributed by atoms with Crippen molar-refractivity contribution < 1.29 is 13.2 Å². The van der Waals surface area contributed by atoms with Crippen molar-refractivity contribution in [2.45, 2.75) is 135 Å². The molecule has 0 aliphatic heterocycles. The third-order valence-electron chi connectivity index (χ3n) is 15.5. The molecule has 0 bridgehead atoms. The second-order valence-electron chi connectivity index (χ2n) is 20.6.